The van der Waals surface area contributed by atoms with Gasteiger partial charge >= 0.3 is 6.18 Å². The molecule has 0 fully saturated rings. The lowest BCUT2D eigenvalue weighted by molar-refractivity contribution is -0.152. The summed E-state index contributed by atoms with van der Waals surface area (Å²) >= 11 is 0. The van der Waals surface area contributed by atoms with Gasteiger partial charge < -0.3 is 13.9 Å². The van der Waals surface area contributed by atoms with E-state index in [0.717, 1.165) is 0 Å². The highest BCUT2D eigenvalue weighted by Crippen LogP contribution is 2.38. The van der Waals surface area contributed by atoms with Gasteiger partial charge in [-0.3, -0.25) is 4.79 Å². The fourth-order valence-electron chi connectivity index (χ4n) is 2.65. The van der Waals surface area contributed by atoms with Crippen LogP contribution in [0.3, 0.4) is 0 Å². The average molecular weight is 364 g/mol. The third-order valence-electron chi connectivity index (χ3n) is 3.81. The van der Waals surface area contributed by atoms with E-state index in [4.69, 9.17) is 13.9 Å². The van der Waals surface area contributed by atoms with E-state index < -0.39 is 22.9 Å². The highest BCUT2D eigenvalue weighted by Gasteiger charge is 2.39. The predicted octanol–water partition coefficient (Wildman–Crippen LogP) is 4.89. The molecule has 1 heterocycles. The molecule has 136 valence electrons. The summed E-state index contributed by atoms with van der Waals surface area (Å²) in [7, 11) is 1.44. The molecule has 7 heteroatoms. The van der Waals surface area contributed by atoms with Crippen molar-refractivity contribution in [2.75, 3.05) is 13.7 Å². The molecule has 0 N–H and O–H groups in total. The number of hydrogen-bond donors (Lipinski definition) is 0. The molecule has 1 aromatic heterocycles. The van der Waals surface area contributed by atoms with E-state index in [9.17, 15) is 18.0 Å². The maximum absolute atomic E-state index is 13.5. The highest BCUT2D eigenvalue weighted by molar-refractivity contribution is 5.84. The zero-order valence-corrected chi connectivity index (χ0v) is 14.0. The largest absolute Gasteiger partial charge is 0.497 e. The Bertz CT molecular complexity index is 989. The molecule has 0 unspecified atom stereocenters. The second-order valence-corrected chi connectivity index (χ2v) is 5.45. The van der Waals surface area contributed by atoms with Crippen LogP contribution >= 0.6 is 0 Å². The summed E-state index contributed by atoms with van der Waals surface area (Å²) in [5, 5.41) is 0.0484. The third kappa shape index (κ3) is 3.24. The number of rotatable bonds is 4. The summed E-state index contributed by atoms with van der Waals surface area (Å²) in [5.41, 5.74) is -1.36. The average Bonchev–Trinajstić information content (AvgIpc) is 2.61. The number of alkyl halides is 3. The van der Waals surface area contributed by atoms with E-state index in [-0.39, 0.29) is 16.5 Å². The molecule has 0 saturated carbocycles. The molecule has 0 saturated heterocycles. The van der Waals surface area contributed by atoms with Gasteiger partial charge in [-0.1, -0.05) is 12.1 Å². The van der Waals surface area contributed by atoms with Crippen molar-refractivity contribution in [3.8, 4) is 22.6 Å². The van der Waals surface area contributed by atoms with Gasteiger partial charge in [0.25, 0.3) is 0 Å². The molecule has 0 aliphatic rings. The van der Waals surface area contributed by atoms with Crippen molar-refractivity contribution in [2.45, 2.75) is 13.1 Å². The summed E-state index contributed by atoms with van der Waals surface area (Å²) in [6, 6.07) is 9.95. The standard InChI is InChI=1S/C19H15F3O4/c1-3-25-13-8-9-14-15(10-13)26-18(19(20,21)22)16(17(14)23)11-4-6-12(24-2)7-5-11/h4-10H,3H2,1-2H3. The topological polar surface area (TPSA) is 48.7 Å². The van der Waals surface area contributed by atoms with Gasteiger partial charge in [-0.25, -0.2) is 0 Å². The zero-order chi connectivity index (χ0) is 18.9. The van der Waals surface area contributed by atoms with Gasteiger partial charge in [0.1, 0.15) is 17.1 Å². The van der Waals surface area contributed by atoms with E-state index in [1.165, 1.54) is 49.6 Å². The Balaban J connectivity index is 2.30. The van der Waals surface area contributed by atoms with Crippen LogP contribution in [-0.4, -0.2) is 13.7 Å². The lowest BCUT2D eigenvalue weighted by Gasteiger charge is -2.13. The molecule has 26 heavy (non-hydrogen) atoms. The first kappa shape index (κ1) is 17.8. The van der Waals surface area contributed by atoms with Crippen molar-refractivity contribution >= 4 is 11.0 Å². The van der Waals surface area contributed by atoms with Crippen molar-refractivity contribution in [3.63, 3.8) is 0 Å². The van der Waals surface area contributed by atoms with E-state index in [2.05, 4.69) is 0 Å². The Morgan fingerprint density at radius 2 is 1.69 bits per heavy atom. The second kappa shape index (κ2) is 6.74. The normalized spacial score (nSPS) is 11.6. The number of benzene rings is 2. The van der Waals surface area contributed by atoms with E-state index >= 15 is 0 Å². The SMILES string of the molecule is CCOc1ccc2c(=O)c(-c3ccc(OC)cc3)c(C(F)(F)F)oc2c1. The molecule has 0 aliphatic carbocycles. The minimum absolute atomic E-state index is 0.0484. The van der Waals surface area contributed by atoms with Crippen LogP contribution < -0.4 is 14.9 Å². The molecule has 2 aromatic carbocycles. The smallest absolute Gasteiger partial charge is 0.450 e. The molecule has 3 rings (SSSR count). The number of hydrogen-bond acceptors (Lipinski definition) is 4. The van der Waals surface area contributed by atoms with Gasteiger partial charge in [0.15, 0.2) is 0 Å². The number of halogens is 3. The first-order valence-corrected chi connectivity index (χ1v) is 7.80. The second-order valence-electron chi connectivity index (χ2n) is 5.45. The Labute approximate surface area is 146 Å². The van der Waals surface area contributed by atoms with Crippen molar-refractivity contribution in [3.05, 3.63) is 58.4 Å². The monoisotopic (exact) mass is 364 g/mol. The van der Waals surface area contributed by atoms with Crippen LogP contribution in [0.5, 0.6) is 11.5 Å². The fraction of sp³-hybridized carbons (Fsp3) is 0.211. The Morgan fingerprint density at radius 3 is 2.27 bits per heavy atom. The van der Waals surface area contributed by atoms with Gasteiger partial charge in [-0.05, 0) is 36.8 Å². The number of methoxy groups -OCH3 is 1. The summed E-state index contributed by atoms with van der Waals surface area (Å²) in [5.74, 6) is -0.545. The lowest BCUT2D eigenvalue weighted by Crippen LogP contribution is -2.16. The molecule has 0 bridgehead atoms. The minimum Gasteiger partial charge on any atom is -0.497 e. The van der Waals surface area contributed by atoms with Crippen LogP contribution in [0.4, 0.5) is 13.2 Å². The van der Waals surface area contributed by atoms with E-state index in [0.29, 0.717) is 18.1 Å². The highest BCUT2D eigenvalue weighted by atomic mass is 19.4. The van der Waals surface area contributed by atoms with Gasteiger partial charge in [0, 0.05) is 6.07 Å². The van der Waals surface area contributed by atoms with Crippen LogP contribution in [-0.2, 0) is 6.18 Å². The van der Waals surface area contributed by atoms with Gasteiger partial charge in [-0.2, -0.15) is 13.2 Å². The van der Waals surface area contributed by atoms with Crippen LogP contribution in [0, 0.1) is 0 Å². The molecule has 0 atom stereocenters. The molecule has 4 nitrogen and oxygen atoms in total. The van der Waals surface area contributed by atoms with Gasteiger partial charge in [0.05, 0.1) is 24.7 Å². The van der Waals surface area contributed by atoms with Gasteiger partial charge in [-0.15, -0.1) is 0 Å². The predicted molar refractivity (Wildman–Crippen MR) is 90.6 cm³/mol. The molecule has 0 amide bonds. The Morgan fingerprint density at radius 1 is 1.04 bits per heavy atom. The summed E-state index contributed by atoms with van der Waals surface area (Å²) in [6.07, 6.45) is -4.83. The maximum atomic E-state index is 13.5. The molecule has 0 spiro atoms. The Hall–Kier alpha value is -2.96. The Kier molecular flexibility index (Phi) is 4.63. The van der Waals surface area contributed by atoms with Crippen LogP contribution in [0.2, 0.25) is 0 Å². The van der Waals surface area contributed by atoms with Crippen LogP contribution in [0.15, 0.2) is 51.7 Å². The van der Waals surface area contributed by atoms with E-state index in [1.807, 2.05) is 0 Å². The van der Waals surface area contributed by atoms with E-state index in [1.54, 1.807) is 6.92 Å². The quantitative estimate of drug-likeness (QED) is 0.662. The molecule has 3 aromatic rings. The van der Waals surface area contributed by atoms with Crippen molar-refractivity contribution in [1.29, 1.82) is 0 Å². The molecule has 0 radical (unpaired) electrons. The first-order valence-electron chi connectivity index (χ1n) is 7.80. The maximum Gasteiger partial charge on any atom is 0.450 e. The lowest BCUT2D eigenvalue weighted by atomic mass is 10.0. The minimum atomic E-state index is -4.83. The van der Waals surface area contributed by atoms with Gasteiger partial charge in [0.2, 0.25) is 11.2 Å². The van der Waals surface area contributed by atoms with Crippen molar-refractivity contribution in [1.82, 2.24) is 0 Å². The molecular weight excluding hydrogens is 349 g/mol. The number of fused-ring (bicyclic) bond motifs is 1. The van der Waals surface area contributed by atoms with Crippen molar-refractivity contribution < 1.29 is 27.1 Å². The summed E-state index contributed by atoms with van der Waals surface area (Å²) in [6.45, 7) is 2.08. The summed E-state index contributed by atoms with van der Waals surface area (Å²) in [4.78, 5) is 12.8. The third-order valence-corrected chi connectivity index (χ3v) is 3.81. The number of ether oxygens (including phenoxy) is 2. The molecular formula is C19H15F3O4. The zero-order valence-electron chi connectivity index (χ0n) is 14.0. The first-order chi connectivity index (χ1) is 12.3. The fourth-order valence-corrected chi connectivity index (χ4v) is 2.65. The van der Waals surface area contributed by atoms with Crippen LogP contribution in [0.1, 0.15) is 12.7 Å². The van der Waals surface area contributed by atoms with Crippen molar-refractivity contribution in [2.24, 2.45) is 0 Å². The summed E-state index contributed by atoms with van der Waals surface area (Å²) < 4.78 is 56.0. The molecule has 0 aliphatic heterocycles. The van der Waals surface area contributed by atoms with Crippen LogP contribution in [0.25, 0.3) is 22.1 Å².